The first-order valence-electron chi connectivity index (χ1n) is 9.68. The van der Waals surface area contributed by atoms with Crippen LogP contribution in [0.5, 0.6) is 0 Å². The molecule has 0 saturated heterocycles. The molecule has 1 atom stereocenters. The van der Waals surface area contributed by atoms with E-state index < -0.39 is 39.6 Å². The lowest BCUT2D eigenvalue weighted by Crippen LogP contribution is -2.48. The fourth-order valence-corrected chi connectivity index (χ4v) is 3.80. The van der Waals surface area contributed by atoms with E-state index in [-0.39, 0.29) is 6.61 Å². The minimum Gasteiger partial charge on any atom is -0.481 e. The monoisotopic (exact) mass is 406 g/mol. The van der Waals surface area contributed by atoms with Gasteiger partial charge >= 0.3 is 11.9 Å². The number of esters is 1. The molecule has 0 aliphatic rings. The van der Waals surface area contributed by atoms with Crippen molar-refractivity contribution in [3.63, 3.8) is 0 Å². The van der Waals surface area contributed by atoms with E-state index in [2.05, 4.69) is 13.5 Å². The summed E-state index contributed by atoms with van der Waals surface area (Å²) in [6.07, 6.45) is 10.4. The molecule has 0 aliphatic carbocycles. The summed E-state index contributed by atoms with van der Waals surface area (Å²) in [6.45, 7) is 5.51. The summed E-state index contributed by atoms with van der Waals surface area (Å²) < 4.78 is 35.2. The Hall–Kier alpha value is -1.41. The van der Waals surface area contributed by atoms with E-state index in [9.17, 15) is 22.6 Å². The van der Waals surface area contributed by atoms with Crippen molar-refractivity contribution in [1.29, 1.82) is 0 Å². The molecule has 0 aromatic rings. The Morgan fingerprint density at radius 2 is 1.48 bits per heavy atom. The van der Waals surface area contributed by atoms with Crippen LogP contribution in [0.4, 0.5) is 0 Å². The van der Waals surface area contributed by atoms with E-state index in [1.807, 2.05) is 0 Å². The standard InChI is InChI=1S/C19H34O7S/c1-3-5-6-7-8-9-10-11-12-13-15-26-18(22)19(14-4-2,16-17(20)21)27(23,24)25/h4H,2-3,5-16H2,1H3,(H,20,21)(H,23,24,25). The fraction of sp³-hybridized carbons (Fsp3) is 0.789. The van der Waals surface area contributed by atoms with Gasteiger partial charge in [-0.25, -0.2) is 0 Å². The summed E-state index contributed by atoms with van der Waals surface area (Å²) in [4.78, 5) is 23.2. The first-order chi connectivity index (χ1) is 12.7. The highest BCUT2D eigenvalue weighted by Crippen LogP contribution is 2.28. The molecule has 0 saturated carbocycles. The zero-order valence-electron chi connectivity index (χ0n) is 16.3. The van der Waals surface area contributed by atoms with Crippen LogP contribution in [-0.2, 0) is 24.4 Å². The summed E-state index contributed by atoms with van der Waals surface area (Å²) in [5.74, 6) is -2.77. The van der Waals surface area contributed by atoms with Crippen LogP contribution >= 0.6 is 0 Å². The molecule has 0 aromatic heterocycles. The number of carbonyl (C=O) groups excluding carboxylic acids is 1. The Labute approximate surface area is 162 Å². The molecule has 2 N–H and O–H groups in total. The number of carboxylic acid groups (broad SMARTS) is 1. The Bertz CT molecular complexity index is 556. The van der Waals surface area contributed by atoms with Crippen molar-refractivity contribution in [3.8, 4) is 0 Å². The predicted molar refractivity (Wildman–Crippen MR) is 104 cm³/mol. The van der Waals surface area contributed by atoms with Crippen LogP contribution in [-0.4, -0.2) is 41.4 Å². The third-order valence-corrected chi connectivity index (χ3v) is 5.97. The molecule has 0 radical (unpaired) electrons. The molecule has 1 unspecified atom stereocenters. The van der Waals surface area contributed by atoms with Crippen LogP contribution < -0.4 is 0 Å². The van der Waals surface area contributed by atoms with Crippen molar-refractivity contribution in [2.24, 2.45) is 0 Å². The van der Waals surface area contributed by atoms with Crippen molar-refractivity contribution in [2.45, 2.75) is 88.7 Å². The number of hydrogen-bond donors (Lipinski definition) is 2. The van der Waals surface area contributed by atoms with Crippen LogP contribution in [0.3, 0.4) is 0 Å². The SMILES string of the molecule is C=CCC(CC(=O)O)(C(=O)OCCCCCCCCCCCC)S(=O)(=O)O. The molecule has 0 amide bonds. The molecule has 0 fully saturated rings. The average Bonchev–Trinajstić information content (AvgIpc) is 2.57. The minimum atomic E-state index is -4.97. The number of carboxylic acids is 1. The van der Waals surface area contributed by atoms with Crippen molar-refractivity contribution in [1.82, 2.24) is 0 Å². The number of carbonyl (C=O) groups is 2. The van der Waals surface area contributed by atoms with Crippen LogP contribution in [0.1, 0.15) is 84.0 Å². The van der Waals surface area contributed by atoms with Crippen molar-refractivity contribution in [2.75, 3.05) is 6.61 Å². The molecule has 8 heteroatoms. The Morgan fingerprint density at radius 1 is 1.00 bits per heavy atom. The summed E-state index contributed by atoms with van der Waals surface area (Å²) in [5, 5.41) is 8.93. The summed E-state index contributed by atoms with van der Waals surface area (Å²) >= 11 is 0. The van der Waals surface area contributed by atoms with E-state index in [1.54, 1.807) is 0 Å². The van der Waals surface area contributed by atoms with Gasteiger partial charge in [0.25, 0.3) is 10.1 Å². The number of hydrogen-bond acceptors (Lipinski definition) is 5. The second-order valence-corrected chi connectivity index (χ2v) is 8.58. The van der Waals surface area contributed by atoms with Gasteiger partial charge in [0.1, 0.15) is 0 Å². The van der Waals surface area contributed by atoms with Crippen molar-refractivity contribution in [3.05, 3.63) is 12.7 Å². The third-order valence-electron chi connectivity index (χ3n) is 4.51. The van der Waals surface area contributed by atoms with E-state index in [0.29, 0.717) is 6.42 Å². The molecular weight excluding hydrogens is 372 g/mol. The highest BCUT2D eigenvalue weighted by molar-refractivity contribution is 7.88. The van der Waals surface area contributed by atoms with Gasteiger partial charge in [0.2, 0.25) is 4.75 Å². The lowest BCUT2D eigenvalue weighted by molar-refractivity contribution is -0.151. The number of unbranched alkanes of at least 4 members (excludes halogenated alkanes) is 9. The summed E-state index contributed by atoms with van der Waals surface area (Å²) in [6, 6.07) is 0. The van der Waals surface area contributed by atoms with Gasteiger partial charge in [-0.2, -0.15) is 8.42 Å². The van der Waals surface area contributed by atoms with Crippen LogP contribution in [0.2, 0.25) is 0 Å². The largest absolute Gasteiger partial charge is 0.481 e. The molecule has 0 heterocycles. The van der Waals surface area contributed by atoms with Crippen LogP contribution in [0.25, 0.3) is 0 Å². The average molecular weight is 407 g/mol. The lowest BCUT2D eigenvalue weighted by Gasteiger charge is -2.25. The zero-order valence-corrected chi connectivity index (χ0v) is 17.1. The highest BCUT2D eigenvalue weighted by Gasteiger charge is 2.52. The quantitative estimate of drug-likeness (QED) is 0.161. The number of ether oxygens (including phenoxy) is 1. The van der Waals surface area contributed by atoms with Gasteiger partial charge in [0.05, 0.1) is 13.0 Å². The van der Waals surface area contributed by atoms with E-state index >= 15 is 0 Å². The smallest absolute Gasteiger partial charge is 0.330 e. The van der Waals surface area contributed by atoms with Gasteiger partial charge in [-0.3, -0.25) is 14.1 Å². The zero-order chi connectivity index (χ0) is 20.8. The van der Waals surface area contributed by atoms with Crippen LogP contribution in [0.15, 0.2) is 12.7 Å². The maximum atomic E-state index is 12.2. The third kappa shape index (κ3) is 9.91. The number of allylic oxidation sites excluding steroid dienone is 1. The van der Waals surface area contributed by atoms with Gasteiger partial charge in [-0.15, -0.1) is 6.58 Å². The summed E-state index contributed by atoms with van der Waals surface area (Å²) in [5.41, 5.74) is 0. The Morgan fingerprint density at radius 3 is 1.89 bits per heavy atom. The molecule has 0 spiro atoms. The molecule has 0 bridgehead atoms. The molecule has 0 aromatic carbocycles. The van der Waals surface area contributed by atoms with Gasteiger partial charge < -0.3 is 9.84 Å². The Balaban J connectivity index is 4.28. The number of aliphatic carboxylic acids is 1. The second-order valence-electron chi connectivity index (χ2n) is 6.85. The maximum Gasteiger partial charge on any atom is 0.330 e. The van der Waals surface area contributed by atoms with Gasteiger partial charge in [-0.05, 0) is 12.8 Å². The molecule has 0 aliphatic heterocycles. The van der Waals surface area contributed by atoms with Gasteiger partial charge in [-0.1, -0.05) is 70.8 Å². The van der Waals surface area contributed by atoms with E-state index in [0.717, 1.165) is 25.3 Å². The lowest BCUT2D eigenvalue weighted by atomic mass is 10.0. The van der Waals surface area contributed by atoms with Gasteiger partial charge in [0.15, 0.2) is 0 Å². The van der Waals surface area contributed by atoms with Crippen LogP contribution in [0, 0.1) is 0 Å². The van der Waals surface area contributed by atoms with E-state index in [4.69, 9.17) is 9.84 Å². The Kier molecular flexibility index (Phi) is 13.0. The first-order valence-corrected chi connectivity index (χ1v) is 11.1. The molecule has 7 nitrogen and oxygen atoms in total. The topological polar surface area (TPSA) is 118 Å². The van der Waals surface area contributed by atoms with Crippen molar-refractivity contribution >= 4 is 22.1 Å². The molecule has 0 rings (SSSR count). The molecular formula is C19H34O7S. The van der Waals surface area contributed by atoms with E-state index in [1.165, 1.54) is 38.5 Å². The number of rotatable bonds is 17. The second kappa shape index (κ2) is 13.7. The fourth-order valence-electron chi connectivity index (χ4n) is 2.89. The van der Waals surface area contributed by atoms with Gasteiger partial charge in [0, 0.05) is 0 Å². The molecule has 158 valence electrons. The normalized spacial score (nSPS) is 13.7. The summed E-state index contributed by atoms with van der Waals surface area (Å²) in [7, 11) is -4.97. The molecule has 27 heavy (non-hydrogen) atoms. The first kappa shape index (κ1) is 25.6. The highest BCUT2D eigenvalue weighted by atomic mass is 32.2. The predicted octanol–water partition coefficient (Wildman–Crippen LogP) is 4.13. The van der Waals surface area contributed by atoms with Crippen molar-refractivity contribution < 1.29 is 32.4 Å². The maximum absolute atomic E-state index is 12.2. The minimum absolute atomic E-state index is 0.0106.